The lowest BCUT2D eigenvalue weighted by atomic mass is 10.2. The van der Waals surface area contributed by atoms with E-state index in [0.717, 1.165) is 10.0 Å². The molecule has 0 spiro atoms. The van der Waals surface area contributed by atoms with Crippen molar-refractivity contribution in [1.29, 1.82) is 0 Å². The van der Waals surface area contributed by atoms with Gasteiger partial charge in [0.25, 0.3) is 10.0 Å². The summed E-state index contributed by atoms with van der Waals surface area (Å²) in [7, 11) is -3.64. The van der Waals surface area contributed by atoms with E-state index in [4.69, 9.17) is 5.73 Å². The maximum Gasteiger partial charge on any atom is 0.262 e. The summed E-state index contributed by atoms with van der Waals surface area (Å²) in [6, 6.07) is 10.1. The van der Waals surface area contributed by atoms with Crippen molar-refractivity contribution in [2.75, 3.05) is 10.5 Å². The monoisotopic (exact) mass is 354 g/mol. The average Bonchev–Trinajstić information content (AvgIpc) is 2.36. The molecule has 0 aliphatic carbocycles. The highest BCUT2D eigenvalue weighted by molar-refractivity contribution is 9.10. The topological polar surface area (TPSA) is 72.2 Å². The van der Waals surface area contributed by atoms with Crippen molar-refractivity contribution in [3.63, 3.8) is 0 Å². The molecule has 0 radical (unpaired) electrons. The second kappa shape index (κ2) is 5.46. The Balaban J connectivity index is 2.41. The zero-order valence-corrected chi connectivity index (χ0v) is 13.5. The van der Waals surface area contributed by atoms with Gasteiger partial charge in [0.1, 0.15) is 0 Å². The molecule has 106 valence electrons. The molecule has 0 fully saturated rings. The molecule has 0 amide bonds. The lowest BCUT2D eigenvalue weighted by Crippen LogP contribution is -2.15. The van der Waals surface area contributed by atoms with Crippen LogP contribution in [-0.4, -0.2) is 8.42 Å². The van der Waals surface area contributed by atoms with Crippen molar-refractivity contribution >= 4 is 37.3 Å². The van der Waals surface area contributed by atoms with Gasteiger partial charge in [-0.15, -0.1) is 0 Å². The fourth-order valence-corrected chi connectivity index (χ4v) is 3.41. The molecule has 4 nitrogen and oxygen atoms in total. The van der Waals surface area contributed by atoms with Crippen LogP contribution in [0.5, 0.6) is 0 Å². The van der Waals surface area contributed by atoms with Crippen LogP contribution in [0.3, 0.4) is 0 Å². The highest BCUT2D eigenvalue weighted by Gasteiger charge is 2.18. The number of halogens is 1. The van der Waals surface area contributed by atoms with Crippen LogP contribution >= 0.6 is 15.9 Å². The quantitative estimate of drug-likeness (QED) is 0.829. The number of anilines is 2. The zero-order chi connectivity index (χ0) is 14.9. The minimum absolute atomic E-state index is 0.193. The Morgan fingerprint density at radius 2 is 1.85 bits per heavy atom. The molecule has 0 aromatic heterocycles. The number of nitrogen functional groups attached to an aromatic ring is 1. The van der Waals surface area contributed by atoms with Crippen molar-refractivity contribution < 1.29 is 8.42 Å². The molecule has 6 heteroatoms. The standard InChI is InChI=1S/C14H15BrN2O2S/c1-9-8-11(6-7-12(9)15)17-20(18,19)14-5-3-4-13(16)10(14)2/h3-8,17H,16H2,1-2H3. The van der Waals surface area contributed by atoms with Gasteiger partial charge in [0.15, 0.2) is 0 Å². The second-order valence-electron chi connectivity index (χ2n) is 4.54. The number of rotatable bonds is 3. The van der Waals surface area contributed by atoms with Gasteiger partial charge in [-0.25, -0.2) is 8.42 Å². The minimum atomic E-state index is -3.64. The zero-order valence-electron chi connectivity index (χ0n) is 11.1. The smallest absolute Gasteiger partial charge is 0.262 e. The van der Waals surface area contributed by atoms with Crippen LogP contribution in [0.1, 0.15) is 11.1 Å². The molecule has 2 rings (SSSR count). The van der Waals surface area contributed by atoms with Crippen LogP contribution in [0.4, 0.5) is 11.4 Å². The first-order chi connectivity index (χ1) is 9.31. The van der Waals surface area contributed by atoms with Gasteiger partial charge in [0, 0.05) is 15.8 Å². The van der Waals surface area contributed by atoms with Gasteiger partial charge in [-0.05, 0) is 55.3 Å². The normalized spacial score (nSPS) is 11.3. The van der Waals surface area contributed by atoms with E-state index < -0.39 is 10.0 Å². The first kappa shape index (κ1) is 14.9. The van der Waals surface area contributed by atoms with Gasteiger partial charge in [0.05, 0.1) is 4.90 Å². The molecule has 0 aliphatic rings. The lowest BCUT2D eigenvalue weighted by molar-refractivity contribution is 0.600. The summed E-state index contributed by atoms with van der Waals surface area (Å²) >= 11 is 3.38. The summed E-state index contributed by atoms with van der Waals surface area (Å²) in [6.45, 7) is 3.59. The Kier molecular flexibility index (Phi) is 4.06. The second-order valence-corrected chi connectivity index (χ2v) is 7.04. The fraction of sp³-hybridized carbons (Fsp3) is 0.143. The third kappa shape index (κ3) is 2.96. The Labute approximate surface area is 127 Å². The first-order valence-corrected chi connectivity index (χ1v) is 8.23. The summed E-state index contributed by atoms with van der Waals surface area (Å²) in [4.78, 5) is 0.193. The summed E-state index contributed by atoms with van der Waals surface area (Å²) in [5.74, 6) is 0. The van der Waals surface area contributed by atoms with Crippen LogP contribution in [0.2, 0.25) is 0 Å². The maximum atomic E-state index is 12.4. The van der Waals surface area contributed by atoms with E-state index in [-0.39, 0.29) is 4.90 Å². The van der Waals surface area contributed by atoms with Crippen LogP contribution in [-0.2, 0) is 10.0 Å². The van der Waals surface area contributed by atoms with E-state index in [1.165, 1.54) is 0 Å². The Morgan fingerprint density at radius 3 is 2.50 bits per heavy atom. The SMILES string of the molecule is Cc1cc(NS(=O)(=O)c2cccc(N)c2C)ccc1Br. The number of nitrogens with one attached hydrogen (secondary N) is 1. The Morgan fingerprint density at radius 1 is 1.15 bits per heavy atom. The number of nitrogens with two attached hydrogens (primary N) is 1. The highest BCUT2D eigenvalue weighted by atomic mass is 79.9. The summed E-state index contributed by atoms with van der Waals surface area (Å²) < 4.78 is 28.3. The number of hydrogen-bond donors (Lipinski definition) is 2. The van der Waals surface area contributed by atoms with Gasteiger partial charge in [-0.2, -0.15) is 0 Å². The highest BCUT2D eigenvalue weighted by Crippen LogP contribution is 2.25. The van der Waals surface area contributed by atoms with Gasteiger partial charge in [-0.1, -0.05) is 22.0 Å². The predicted octanol–water partition coefficient (Wildman–Crippen LogP) is 3.45. The Hall–Kier alpha value is -1.53. The van der Waals surface area contributed by atoms with E-state index in [1.54, 1.807) is 43.3 Å². The van der Waals surface area contributed by atoms with E-state index >= 15 is 0 Å². The molecule has 20 heavy (non-hydrogen) atoms. The first-order valence-electron chi connectivity index (χ1n) is 5.95. The predicted molar refractivity (Wildman–Crippen MR) is 85.3 cm³/mol. The third-order valence-corrected chi connectivity index (χ3v) is 5.44. The molecule has 0 bridgehead atoms. The number of hydrogen-bond acceptors (Lipinski definition) is 3. The van der Waals surface area contributed by atoms with E-state index in [0.29, 0.717) is 16.9 Å². The van der Waals surface area contributed by atoms with Crippen molar-refractivity contribution in [2.24, 2.45) is 0 Å². The lowest BCUT2D eigenvalue weighted by Gasteiger charge is -2.12. The Bertz CT molecular complexity index is 758. The van der Waals surface area contributed by atoms with Crippen molar-refractivity contribution in [3.05, 3.63) is 52.0 Å². The minimum Gasteiger partial charge on any atom is -0.398 e. The maximum absolute atomic E-state index is 12.4. The third-order valence-electron chi connectivity index (χ3n) is 3.03. The molecule has 2 aromatic rings. The average molecular weight is 355 g/mol. The van der Waals surface area contributed by atoms with Crippen LogP contribution < -0.4 is 10.5 Å². The van der Waals surface area contributed by atoms with Gasteiger partial charge in [0.2, 0.25) is 0 Å². The van der Waals surface area contributed by atoms with Crippen molar-refractivity contribution in [2.45, 2.75) is 18.7 Å². The molecule has 0 saturated carbocycles. The summed E-state index contributed by atoms with van der Waals surface area (Å²) in [5, 5.41) is 0. The van der Waals surface area contributed by atoms with Crippen LogP contribution in [0, 0.1) is 13.8 Å². The van der Waals surface area contributed by atoms with Crippen LogP contribution in [0.25, 0.3) is 0 Å². The molecule has 0 saturated heterocycles. The largest absolute Gasteiger partial charge is 0.398 e. The van der Waals surface area contributed by atoms with Gasteiger partial charge < -0.3 is 5.73 Å². The summed E-state index contributed by atoms with van der Waals surface area (Å²) in [5.41, 5.74) is 8.24. The van der Waals surface area contributed by atoms with Crippen molar-refractivity contribution in [3.8, 4) is 0 Å². The summed E-state index contributed by atoms with van der Waals surface area (Å²) in [6.07, 6.45) is 0. The van der Waals surface area contributed by atoms with Crippen LogP contribution in [0.15, 0.2) is 45.8 Å². The molecule has 0 aliphatic heterocycles. The van der Waals surface area contributed by atoms with E-state index in [2.05, 4.69) is 20.7 Å². The molecule has 0 heterocycles. The molecule has 0 unspecified atom stereocenters. The molecular formula is C14H15BrN2O2S. The number of aryl methyl sites for hydroxylation is 1. The van der Waals surface area contributed by atoms with E-state index in [9.17, 15) is 8.42 Å². The number of sulfonamides is 1. The molecular weight excluding hydrogens is 340 g/mol. The van der Waals surface area contributed by atoms with E-state index in [1.807, 2.05) is 6.92 Å². The fourth-order valence-electron chi connectivity index (χ4n) is 1.84. The molecule has 0 atom stereocenters. The molecule has 2 aromatic carbocycles. The molecule has 3 N–H and O–H groups in total. The number of benzene rings is 2. The van der Waals surface area contributed by atoms with Gasteiger partial charge >= 0.3 is 0 Å². The van der Waals surface area contributed by atoms with Gasteiger partial charge in [-0.3, -0.25) is 4.72 Å². The van der Waals surface area contributed by atoms with Crippen molar-refractivity contribution in [1.82, 2.24) is 0 Å².